The monoisotopic (exact) mass is 469 g/mol. The van der Waals surface area contributed by atoms with Crippen molar-refractivity contribution in [3.63, 3.8) is 0 Å². The van der Waals surface area contributed by atoms with Crippen LogP contribution >= 0.6 is 34.4 Å². The van der Waals surface area contributed by atoms with Crippen LogP contribution in [0, 0.1) is 13.8 Å². The van der Waals surface area contributed by atoms with E-state index in [2.05, 4.69) is 26.0 Å². The first kappa shape index (κ1) is 21.8. The van der Waals surface area contributed by atoms with Gasteiger partial charge in [-0.1, -0.05) is 36.0 Å². The zero-order valence-electron chi connectivity index (χ0n) is 17.8. The highest BCUT2D eigenvalue weighted by Crippen LogP contribution is 2.33. The Kier molecular flexibility index (Phi) is 6.31. The highest BCUT2D eigenvalue weighted by Gasteiger charge is 2.18. The predicted octanol–water partition coefficient (Wildman–Crippen LogP) is 5.09. The summed E-state index contributed by atoms with van der Waals surface area (Å²) >= 11 is 4.41. The Bertz CT molecular complexity index is 1310. The number of benzene rings is 1. The van der Waals surface area contributed by atoms with Gasteiger partial charge >= 0.3 is 0 Å². The van der Waals surface area contributed by atoms with E-state index in [0.717, 1.165) is 16.0 Å². The fraction of sp³-hybridized carbons (Fsp3) is 0.261. The molecule has 4 aromatic rings. The van der Waals surface area contributed by atoms with Crippen LogP contribution in [-0.4, -0.2) is 33.2 Å². The summed E-state index contributed by atoms with van der Waals surface area (Å²) in [5.41, 5.74) is 4.28. The molecule has 0 bridgehead atoms. The highest BCUT2D eigenvalue weighted by molar-refractivity contribution is 7.99. The largest absolute Gasteiger partial charge is 0.340 e. The van der Waals surface area contributed by atoms with E-state index in [1.807, 2.05) is 29.0 Å². The summed E-state index contributed by atoms with van der Waals surface area (Å²) in [6.45, 7) is 4.74. The Labute approximate surface area is 193 Å². The second kappa shape index (κ2) is 8.98. The molecule has 0 aliphatic rings. The fourth-order valence-electron chi connectivity index (χ4n) is 3.26. The summed E-state index contributed by atoms with van der Waals surface area (Å²) in [5.74, 6) is 0.248. The van der Waals surface area contributed by atoms with Crippen molar-refractivity contribution >= 4 is 50.6 Å². The lowest BCUT2D eigenvalue weighted by molar-refractivity contribution is -0.127. The average Bonchev–Trinajstić information content (AvgIpc) is 3.41. The number of rotatable bonds is 6. The van der Waals surface area contributed by atoms with Crippen LogP contribution in [0.2, 0.25) is 0 Å². The number of fused-ring (bicyclic) bond motifs is 1. The molecule has 8 heteroatoms. The molecule has 160 valence electrons. The molecule has 0 unspecified atom stereocenters. The van der Waals surface area contributed by atoms with Crippen LogP contribution in [0.1, 0.15) is 16.0 Å². The second-order valence-electron chi connectivity index (χ2n) is 7.50. The lowest BCUT2D eigenvalue weighted by atomic mass is 10.0. The van der Waals surface area contributed by atoms with Crippen molar-refractivity contribution in [3.05, 3.63) is 67.4 Å². The molecule has 5 nitrogen and oxygen atoms in total. The molecule has 0 aliphatic heterocycles. The summed E-state index contributed by atoms with van der Waals surface area (Å²) in [7, 11) is 3.52. The van der Waals surface area contributed by atoms with Crippen molar-refractivity contribution in [2.75, 3.05) is 12.8 Å². The minimum Gasteiger partial charge on any atom is -0.340 e. The smallest absolute Gasteiger partial charge is 0.263 e. The molecule has 0 saturated carbocycles. The number of hydrogen-bond donors (Lipinski definition) is 0. The van der Waals surface area contributed by atoms with E-state index < -0.39 is 0 Å². The topological polar surface area (TPSA) is 55.2 Å². The summed E-state index contributed by atoms with van der Waals surface area (Å²) < 4.78 is 1.55. The Morgan fingerprint density at radius 1 is 1.19 bits per heavy atom. The summed E-state index contributed by atoms with van der Waals surface area (Å²) in [5, 5.41) is 5.20. The van der Waals surface area contributed by atoms with E-state index in [1.165, 1.54) is 34.2 Å². The first-order chi connectivity index (χ1) is 14.8. The number of hydrogen-bond acceptors (Lipinski definition) is 6. The van der Waals surface area contributed by atoms with Gasteiger partial charge in [0.15, 0.2) is 5.16 Å². The van der Waals surface area contributed by atoms with Gasteiger partial charge in [-0.05, 0) is 42.0 Å². The molecule has 1 amide bonds. The number of carbonyl (C=O) groups excluding carboxylic acids is 1. The number of amides is 1. The van der Waals surface area contributed by atoms with Crippen molar-refractivity contribution in [1.82, 2.24) is 14.5 Å². The maximum atomic E-state index is 13.2. The van der Waals surface area contributed by atoms with E-state index in [-0.39, 0.29) is 17.2 Å². The first-order valence-corrected chi connectivity index (χ1v) is 12.5. The van der Waals surface area contributed by atoms with E-state index in [9.17, 15) is 9.59 Å². The molecule has 0 saturated heterocycles. The third-order valence-corrected chi connectivity index (χ3v) is 8.06. The summed E-state index contributed by atoms with van der Waals surface area (Å²) in [4.78, 5) is 34.0. The van der Waals surface area contributed by atoms with Crippen LogP contribution in [0.5, 0.6) is 0 Å². The lowest BCUT2D eigenvalue weighted by Crippen LogP contribution is -2.28. The third-order valence-electron chi connectivity index (χ3n) is 5.32. The normalized spacial score (nSPS) is 11.2. The molecule has 0 N–H and O–H groups in total. The number of aromatic nitrogens is 2. The van der Waals surface area contributed by atoms with Crippen molar-refractivity contribution < 1.29 is 4.79 Å². The third kappa shape index (κ3) is 4.46. The van der Waals surface area contributed by atoms with Gasteiger partial charge in [0.2, 0.25) is 5.91 Å². The molecule has 0 aliphatic carbocycles. The predicted molar refractivity (Wildman–Crippen MR) is 131 cm³/mol. The van der Waals surface area contributed by atoms with Crippen molar-refractivity contribution in [2.45, 2.75) is 25.5 Å². The molecule has 0 spiro atoms. The number of carbonyl (C=O) groups is 1. The summed E-state index contributed by atoms with van der Waals surface area (Å²) in [6.07, 6.45) is 0. The highest BCUT2D eigenvalue weighted by atomic mass is 32.2. The number of nitrogens with zero attached hydrogens (tertiary/aromatic N) is 3. The van der Waals surface area contributed by atoms with Gasteiger partial charge < -0.3 is 4.90 Å². The van der Waals surface area contributed by atoms with Gasteiger partial charge in [-0.25, -0.2) is 4.98 Å². The van der Waals surface area contributed by atoms with Crippen LogP contribution in [-0.2, 0) is 18.4 Å². The fourth-order valence-corrected chi connectivity index (χ4v) is 5.92. The van der Waals surface area contributed by atoms with E-state index in [0.29, 0.717) is 21.9 Å². The molecule has 3 aromatic heterocycles. The van der Waals surface area contributed by atoms with Crippen LogP contribution in [0.4, 0.5) is 0 Å². The quantitative estimate of drug-likeness (QED) is 0.292. The van der Waals surface area contributed by atoms with Crippen molar-refractivity contribution in [2.24, 2.45) is 7.05 Å². The Morgan fingerprint density at radius 3 is 2.71 bits per heavy atom. The molecular formula is C23H23N3O2S3. The van der Waals surface area contributed by atoms with Gasteiger partial charge in [-0.3, -0.25) is 14.2 Å². The second-order valence-corrected chi connectivity index (χ2v) is 10.3. The minimum absolute atomic E-state index is 0.00902. The van der Waals surface area contributed by atoms with Crippen LogP contribution in [0.25, 0.3) is 21.3 Å². The first-order valence-electron chi connectivity index (χ1n) is 9.80. The van der Waals surface area contributed by atoms with Crippen LogP contribution < -0.4 is 5.56 Å². The Balaban J connectivity index is 1.57. The lowest BCUT2D eigenvalue weighted by Gasteiger charge is -2.16. The molecule has 31 heavy (non-hydrogen) atoms. The van der Waals surface area contributed by atoms with Gasteiger partial charge in [0.05, 0.1) is 17.7 Å². The van der Waals surface area contributed by atoms with Crippen LogP contribution in [0.3, 0.4) is 0 Å². The van der Waals surface area contributed by atoms with Gasteiger partial charge in [-0.2, -0.15) is 0 Å². The molecule has 4 rings (SSSR count). The molecular weight excluding hydrogens is 446 g/mol. The van der Waals surface area contributed by atoms with Crippen molar-refractivity contribution in [3.8, 4) is 11.1 Å². The maximum Gasteiger partial charge on any atom is 0.263 e. The zero-order chi connectivity index (χ0) is 22.1. The molecule has 0 radical (unpaired) electrons. The van der Waals surface area contributed by atoms with Gasteiger partial charge in [0.25, 0.3) is 5.56 Å². The van der Waals surface area contributed by atoms with E-state index >= 15 is 0 Å². The molecule has 3 heterocycles. The van der Waals surface area contributed by atoms with E-state index in [1.54, 1.807) is 34.9 Å². The molecule has 0 fully saturated rings. The Hall–Kier alpha value is -2.42. The number of thioether (sulfide) groups is 1. The Morgan fingerprint density at radius 2 is 2.00 bits per heavy atom. The van der Waals surface area contributed by atoms with Crippen molar-refractivity contribution in [1.29, 1.82) is 0 Å². The number of thiophene rings is 2. The SMILES string of the molecule is Cc1ccc(-c2csc3nc(SCC(=O)N(C)Cc4cccs4)n(C)c(=O)c23)cc1C. The van der Waals surface area contributed by atoms with Gasteiger partial charge in [-0.15, -0.1) is 22.7 Å². The molecule has 0 atom stereocenters. The zero-order valence-corrected chi connectivity index (χ0v) is 20.3. The maximum absolute atomic E-state index is 13.2. The van der Waals surface area contributed by atoms with E-state index in [4.69, 9.17) is 4.98 Å². The summed E-state index contributed by atoms with van der Waals surface area (Å²) in [6, 6.07) is 10.2. The average molecular weight is 470 g/mol. The minimum atomic E-state index is -0.0821. The van der Waals surface area contributed by atoms with Crippen LogP contribution in [0.15, 0.2) is 51.0 Å². The van der Waals surface area contributed by atoms with Gasteiger partial charge in [0.1, 0.15) is 4.83 Å². The number of aryl methyl sites for hydroxylation is 2. The van der Waals surface area contributed by atoms with Gasteiger partial charge in [0, 0.05) is 29.9 Å². The molecule has 1 aromatic carbocycles. The standard InChI is InChI=1S/C23H23N3O2S3/c1-14-7-8-16(10-15(14)2)18-12-30-21-20(18)22(28)26(4)23(24-21)31-13-19(27)25(3)11-17-6-5-9-29-17/h5-10,12H,11,13H2,1-4H3.